The molecule has 0 unspecified atom stereocenters. The van der Waals surface area contributed by atoms with Crippen LogP contribution in [0.4, 0.5) is 0 Å². The number of H-pyrrole nitrogens is 1. The fourth-order valence-electron chi connectivity index (χ4n) is 1.63. The molecule has 0 fully saturated rings. The van der Waals surface area contributed by atoms with E-state index in [9.17, 15) is 4.79 Å². The summed E-state index contributed by atoms with van der Waals surface area (Å²) < 4.78 is 5.33. The van der Waals surface area contributed by atoms with Crippen LogP contribution in [0.5, 0.6) is 0 Å². The molecule has 0 radical (unpaired) electrons. The molecule has 5 nitrogen and oxygen atoms in total. The number of rotatable bonds is 4. The summed E-state index contributed by atoms with van der Waals surface area (Å²) in [6.45, 7) is 5.84. The smallest absolute Gasteiger partial charge is 0.359 e. The van der Waals surface area contributed by atoms with Crippen LogP contribution in [0.15, 0.2) is 30.5 Å². The predicted molar refractivity (Wildman–Crippen MR) is 70.7 cm³/mol. The van der Waals surface area contributed by atoms with Crippen LogP contribution in [0.3, 0.4) is 0 Å². The van der Waals surface area contributed by atoms with Crippen LogP contribution in [0.25, 0.3) is 0 Å². The van der Waals surface area contributed by atoms with Crippen molar-refractivity contribution in [2.24, 2.45) is 0 Å². The zero-order valence-electron chi connectivity index (χ0n) is 11.3. The summed E-state index contributed by atoms with van der Waals surface area (Å²) in [5, 5.41) is 6.80. The lowest BCUT2D eigenvalue weighted by atomic mass is 10.1. The first kappa shape index (κ1) is 13.3. The fourth-order valence-corrected chi connectivity index (χ4v) is 1.63. The largest absolute Gasteiger partial charge is 0.451 e. The standard InChI is InChI=1S/C14H17N3O2/c1-9(2)12-8-13(17-16-12)14(18)19-10(3)11-6-4-5-7-15-11/h4-10H,1-3H3,(H,16,17)/t10-/m1/s1. The molecule has 0 aliphatic heterocycles. The number of hydrogen-bond acceptors (Lipinski definition) is 4. The Bertz CT molecular complexity index is 549. The second-order valence-corrected chi connectivity index (χ2v) is 4.67. The van der Waals surface area contributed by atoms with Crippen molar-refractivity contribution in [2.45, 2.75) is 32.8 Å². The van der Waals surface area contributed by atoms with Gasteiger partial charge >= 0.3 is 5.97 Å². The summed E-state index contributed by atoms with van der Waals surface area (Å²) >= 11 is 0. The van der Waals surface area contributed by atoms with Gasteiger partial charge in [-0.3, -0.25) is 10.1 Å². The van der Waals surface area contributed by atoms with E-state index in [1.165, 1.54) is 0 Å². The maximum atomic E-state index is 11.9. The molecule has 0 aromatic carbocycles. The molecular weight excluding hydrogens is 242 g/mol. The molecule has 1 atom stereocenters. The minimum Gasteiger partial charge on any atom is -0.451 e. The topological polar surface area (TPSA) is 67.9 Å². The number of nitrogens with one attached hydrogen (secondary N) is 1. The molecule has 0 saturated carbocycles. The van der Waals surface area contributed by atoms with E-state index in [1.54, 1.807) is 19.2 Å². The van der Waals surface area contributed by atoms with E-state index in [0.717, 1.165) is 11.4 Å². The summed E-state index contributed by atoms with van der Waals surface area (Å²) in [4.78, 5) is 16.1. The molecule has 0 aliphatic rings. The molecule has 0 aliphatic carbocycles. The summed E-state index contributed by atoms with van der Waals surface area (Å²) in [6, 6.07) is 7.22. The van der Waals surface area contributed by atoms with Gasteiger partial charge in [0.15, 0.2) is 5.69 Å². The molecule has 100 valence electrons. The first-order valence-electron chi connectivity index (χ1n) is 6.25. The molecule has 2 heterocycles. The molecule has 0 bridgehead atoms. The summed E-state index contributed by atoms with van der Waals surface area (Å²) in [6.07, 6.45) is 1.28. The summed E-state index contributed by atoms with van der Waals surface area (Å²) in [5.74, 6) is -0.149. The van der Waals surface area contributed by atoms with Gasteiger partial charge in [-0.05, 0) is 31.0 Å². The number of hydrogen-bond donors (Lipinski definition) is 1. The van der Waals surface area contributed by atoms with Crippen molar-refractivity contribution in [3.05, 3.63) is 47.5 Å². The minimum absolute atomic E-state index is 0.294. The number of esters is 1. The van der Waals surface area contributed by atoms with Crippen molar-refractivity contribution < 1.29 is 9.53 Å². The number of pyridine rings is 1. The lowest BCUT2D eigenvalue weighted by molar-refractivity contribution is 0.0322. The van der Waals surface area contributed by atoms with Gasteiger partial charge in [-0.15, -0.1) is 0 Å². The number of carbonyl (C=O) groups is 1. The van der Waals surface area contributed by atoms with Crippen molar-refractivity contribution in [1.29, 1.82) is 0 Å². The van der Waals surface area contributed by atoms with Crippen molar-refractivity contribution in [2.75, 3.05) is 0 Å². The second kappa shape index (κ2) is 5.65. The molecule has 0 spiro atoms. The third kappa shape index (κ3) is 3.19. The maximum Gasteiger partial charge on any atom is 0.359 e. The fraction of sp³-hybridized carbons (Fsp3) is 0.357. The normalized spacial score (nSPS) is 12.4. The first-order valence-corrected chi connectivity index (χ1v) is 6.25. The van der Waals surface area contributed by atoms with Crippen LogP contribution in [0.1, 0.15) is 54.7 Å². The van der Waals surface area contributed by atoms with E-state index in [2.05, 4.69) is 15.2 Å². The van der Waals surface area contributed by atoms with E-state index >= 15 is 0 Å². The van der Waals surface area contributed by atoms with Crippen LogP contribution < -0.4 is 0 Å². The van der Waals surface area contributed by atoms with Crippen LogP contribution in [-0.2, 0) is 4.74 Å². The Balaban J connectivity index is 2.04. The lowest BCUT2D eigenvalue weighted by Gasteiger charge is -2.11. The Hall–Kier alpha value is -2.17. The highest BCUT2D eigenvalue weighted by Gasteiger charge is 2.17. The lowest BCUT2D eigenvalue weighted by Crippen LogP contribution is -2.10. The molecule has 0 saturated heterocycles. The molecule has 1 N–H and O–H groups in total. The molecule has 2 aromatic heterocycles. The number of carbonyl (C=O) groups excluding carboxylic acids is 1. The van der Waals surface area contributed by atoms with E-state index in [1.807, 2.05) is 32.0 Å². The van der Waals surface area contributed by atoms with Gasteiger partial charge in [0.2, 0.25) is 0 Å². The van der Waals surface area contributed by atoms with Crippen LogP contribution in [0, 0.1) is 0 Å². The highest BCUT2D eigenvalue weighted by atomic mass is 16.5. The monoisotopic (exact) mass is 259 g/mol. The van der Waals surface area contributed by atoms with Gasteiger partial charge in [0.05, 0.1) is 5.69 Å². The average molecular weight is 259 g/mol. The number of aromatic nitrogens is 3. The Morgan fingerprint density at radius 2 is 2.11 bits per heavy atom. The quantitative estimate of drug-likeness (QED) is 0.857. The third-order valence-corrected chi connectivity index (χ3v) is 2.82. The van der Waals surface area contributed by atoms with Crippen molar-refractivity contribution in [1.82, 2.24) is 15.2 Å². The van der Waals surface area contributed by atoms with Gasteiger partial charge in [-0.2, -0.15) is 5.10 Å². The van der Waals surface area contributed by atoms with Gasteiger partial charge in [-0.1, -0.05) is 19.9 Å². The zero-order chi connectivity index (χ0) is 13.8. The Labute approximate surface area is 112 Å². The highest BCUT2D eigenvalue weighted by Crippen LogP contribution is 2.17. The third-order valence-electron chi connectivity index (χ3n) is 2.82. The number of nitrogens with zero attached hydrogens (tertiary/aromatic N) is 2. The van der Waals surface area contributed by atoms with Crippen LogP contribution in [-0.4, -0.2) is 21.2 Å². The van der Waals surface area contributed by atoms with Gasteiger partial charge in [0.1, 0.15) is 6.10 Å². The molecule has 2 aromatic rings. The summed E-state index contributed by atoms with van der Waals surface area (Å²) in [7, 11) is 0. The first-order chi connectivity index (χ1) is 9.08. The molecule has 5 heteroatoms. The van der Waals surface area contributed by atoms with Crippen molar-refractivity contribution in [3.63, 3.8) is 0 Å². The Morgan fingerprint density at radius 3 is 2.68 bits per heavy atom. The second-order valence-electron chi connectivity index (χ2n) is 4.67. The average Bonchev–Trinajstić information content (AvgIpc) is 2.89. The summed E-state index contributed by atoms with van der Waals surface area (Å²) in [5.41, 5.74) is 1.93. The van der Waals surface area contributed by atoms with Gasteiger partial charge < -0.3 is 4.74 Å². The van der Waals surface area contributed by atoms with Gasteiger partial charge in [0.25, 0.3) is 0 Å². The molecule has 19 heavy (non-hydrogen) atoms. The molecule has 2 rings (SSSR count). The zero-order valence-corrected chi connectivity index (χ0v) is 11.3. The Morgan fingerprint density at radius 1 is 1.32 bits per heavy atom. The number of aromatic amines is 1. The van der Waals surface area contributed by atoms with Gasteiger partial charge in [0, 0.05) is 11.9 Å². The van der Waals surface area contributed by atoms with E-state index < -0.39 is 12.1 Å². The van der Waals surface area contributed by atoms with E-state index in [4.69, 9.17) is 4.74 Å². The Kier molecular flexibility index (Phi) is 3.94. The maximum absolute atomic E-state index is 11.9. The van der Waals surface area contributed by atoms with Crippen LogP contribution >= 0.6 is 0 Å². The van der Waals surface area contributed by atoms with Crippen molar-refractivity contribution >= 4 is 5.97 Å². The van der Waals surface area contributed by atoms with E-state index in [-0.39, 0.29) is 0 Å². The molecular formula is C14H17N3O2. The van der Waals surface area contributed by atoms with Crippen LogP contribution in [0.2, 0.25) is 0 Å². The number of ether oxygens (including phenoxy) is 1. The SMILES string of the molecule is CC(C)c1cc(C(=O)O[C@H](C)c2ccccn2)n[nH]1. The van der Waals surface area contributed by atoms with Gasteiger partial charge in [-0.25, -0.2) is 4.79 Å². The predicted octanol–water partition coefficient (Wildman–Crippen LogP) is 2.85. The molecule has 0 amide bonds. The van der Waals surface area contributed by atoms with Crippen molar-refractivity contribution in [3.8, 4) is 0 Å². The van der Waals surface area contributed by atoms with E-state index in [0.29, 0.717) is 11.6 Å². The minimum atomic E-state index is -0.443. The highest BCUT2D eigenvalue weighted by molar-refractivity contribution is 5.87.